The van der Waals surface area contributed by atoms with E-state index in [0.29, 0.717) is 12.2 Å². The fourth-order valence-electron chi connectivity index (χ4n) is 1.88. The lowest BCUT2D eigenvalue weighted by molar-refractivity contribution is 0.272. The molecule has 0 saturated carbocycles. The summed E-state index contributed by atoms with van der Waals surface area (Å²) in [7, 11) is 0. The van der Waals surface area contributed by atoms with E-state index in [0.717, 1.165) is 17.9 Å². The van der Waals surface area contributed by atoms with Gasteiger partial charge in [0, 0.05) is 18.2 Å². The molecule has 0 radical (unpaired) electrons. The SMILES string of the molecule is Cc1ccc(OCC(C)NCc2cc(F)ccc2F)cc1. The largest absolute Gasteiger partial charge is 0.492 e. The molecule has 0 heterocycles. The van der Waals surface area contributed by atoms with Gasteiger partial charge in [-0.1, -0.05) is 17.7 Å². The molecule has 0 bridgehead atoms. The van der Waals surface area contributed by atoms with Gasteiger partial charge in [-0.3, -0.25) is 0 Å². The van der Waals surface area contributed by atoms with E-state index in [-0.39, 0.29) is 12.6 Å². The summed E-state index contributed by atoms with van der Waals surface area (Å²) < 4.78 is 32.2. The molecule has 1 atom stereocenters. The minimum Gasteiger partial charge on any atom is -0.492 e. The van der Waals surface area contributed by atoms with Crippen LogP contribution in [0.3, 0.4) is 0 Å². The van der Waals surface area contributed by atoms with E-state index in [1.54, 1.807) is 0 Å². The molecule has 1 N–H and O–H groups in total. The molecular weight excluding hydrogens is 272 g/mol. The molecule has 0 aliphatic rings. The molecule has 2 aromatic carbocycles. The molecule has 2 aromatic rings. The summed E-state index contributed by atoms with van der Waals surface area (Å²) >= 11 is 0. The first-order chi connectivity index (χ1) is 10.0. The Kier molecular flexibility index (Phi) is 5.28. The van der Waals surface area contributed by atoms with Crippen molar-refractivity contribution >= 4 is 0 Å². The molecule has 0 fully saturated rings. The minimum absolute atomic E-state index is 0.0222. The van der Waals surface area contributed by atoms with Crippen LogP contribution in [0.15, 0.2) is 42.5 Å². The van der Waals surface area contributed by atoms with Gasteiger partial charge in [0.15, 0.2) is 0 Å². The van der Waals surface area contributed by atoms with E-state index in [1.807, 2.05) is 38.1 Å². The van der Waals surface area contributed by atoms with Crippen LogP contribution in [-0.2, 0) is 6.54 Å². The van der Waals surface area contributed by atoms with E-state index in [4.69, 9.17) is 4.74 Å². The zero-order valence-corrected chi connectivity index (χ0v) is 12.2. The standard InChI is InChI=1S/C17H19F2NO/c1-12-3-6-16(7-4-12)21-11-13(2)20-10-14-9-15(18)5-8-17(14)19/h3-9,13,20H,10-11H2,1-2H3. The van der Waals surface area contributed by atoms with Crippen molar-refractivity contribution in [1.29, 1.82) is 0 Å². The Bertz CT molecular complexity index is 584. The van der Waals surface area contributed by atoms with E-state index >= 15 is 0 Å². The van der Waals surface area contributed by atoms with Gasteiger partial charge in [0.05, 0.1) is 0 Å². The van der Waals surface area contributed by atoms with Gasteiger partial charge in [-0.2, -0.15) is 0 Å². The van der Waals surface area contributed by atoms with Gasteiger partial charge in [-0.15, -0.1) is 0 Å². The lowest BCUT2D eigenvalue weighted by atomic mass is 10.2. The topological polar surface area (TPSA) is 21.3 Å². The van der Waals surface area contributed by atoms with Gasteiger partial charge >= 0.3 is 0 Å². The van der Waals surface area contributed by atoms with Crippen molar-refractivity contribution in [2.24, 2.45) is 0 Å². The second-order valence-corrected chi connectivity index (χ2v) is 5.14. The zero-order valence-electron chi connectivity index (χ0n) is 12.2. The summed E-state index contributed by atoms with van der Waals surface area (Å²) in [6.45, 7) is 4.68. The van der Waals surface area contributed by atoms with Crippen LogP contribution in [0.5, 0.6) is 5.75 Å². The van der Waals surface area contributed by atoms with E-state index in [1.165, 1.54) is 11.6 Å². The van der Waals surface area contributed by atoms with Crippen LogP contribution < -0.4 is 10.1 Å². The highest BCUT2D eigenvalue weighted by Crippen LogP contribution is 2.12. The third kappa shape index (κ3) is 4.83. The number of nitrogens with one attached hydrogen (secondary N) is 1. The Morgan fingerprint density at radius 1 is 1.10 bits per heavy atom. The van der Waals surface area contributed by atoms with Crippen molar-refractivity contribution in [3.05, 3.63) is 65.2 Å². The number of halogens is 2. The van der Waals surface area contributed by atoms with E-state index in [2.05, 4.69) is 5.32 Å². The quantitative estimate of drug-likeness (QED) is 0.873. The molecular formula is C17H19F2NO. The van der Waals surface area contributed by atoms with Crippen LogP contribution in [0.1, 0.15) is 18.1 Å². The third-order valence-electron chi connectivity index (χ3n) is 3.17. The van der Waals surface area contributed by atoms with Gasteiger partial charge in [0.1, 0.15) is 24.0 Å². The molecule has 0 saturated heterocycles. The molecule has 0 spiro atoms. The van der Waals surface area contributed by atoms with Crippen molar-refractivity contribution in [2.75, 3.05) is 6.61 Å². The second kappa shape index (κ2) is 7.18. The van der Waals surface area contributed by atoms with Gasteiger partial charge in [-0.05, 0) is 44.2 Å². The predicted molar refractivity (Wildman–Crippen MR) is 79.3 cm³/mol. The molecule has 0 aliphatic carbocycles. The molecule has 0 amide bonds. The van der Waals surface area contributed by atoms with Gasteiger partial charge < -0.3 is 10.1 Å². The highest BCUT2D eigenvalue weighted by atomic mass is 19.1. The zero-order chi connectivity index (χ0) is 15.2. The number of rotatable bonds is 6. The maximum atomic E-state index is 13.5. The maximum absolute atomic E-state index is 13.5. The number of ether oxygens (including phenoxy) is 1. The number of hydrogen-bond donors (Lipinski definition) is 1. The lowest BCUT2D eigenvalue weighted by Crippen LogP contribution is -2.31. The van der Waals surface area contributed by atoms with Crippen LogP contribution in [0.2, 0.25) is 0 Å². The summed E-state index contributed by atoms with van der Waals surface area (Å²) in [5.41, 5.74) is 1.49. The van der Waals surface area contributed by atoms with Crippen LogP contribution >= 0.6 is 0 Å². The summed E-state index contributed by atoms with van der Waals surface area (Å²) in [6, 6.07) is 11.3. The number of benzene rings is 2. The Hall–Kier alpha value is -1.94. The molecule has 112 valence electrons. The van der Waals surface area contributed by atoms with E-state index in [9.17, 15) is 8.78 Å². The van der Waals surface area contributed by atoms with Gasteiger partial charge in [0.2, 0.25) is 0 Å². The molecule has 0 aliphatic heterocycles. The van der Waals surface area contributed by atoms with Crippen molar-refractivity contribution in [1.82, 2.24) is 5.32 Å². The fourth-order valence-corrected chi connectivity index (χ4v) is 1.88. The third-order valence-corrected chi connectivity index (χ3v) is 3.17. The summed E-state index contributed by atoms with van der Waals surface area (Å²) in [4.78, 5) is 0. The fraction of sp³-hybridized carbons (Fsp3) is 0.294. The molecule has 4 heteroatoms. The number of hydrogen-bond acceptors (Lipinski definition) is 2. The average Bonchev–Trinajstić information content (AvgIpc) is 2.47. The Morgan fingerprint density at radius 3 is 2.52 bits per heavy atom. The van der Waals surface area contributed by atoms with Crippen molar-refractivity contribution in [3.8, 4) is 5.75 Å². The van der Waals surface area contributed by atoms with Crippen LogP contribution in [-0.4, -0.2) is 12.6 Å². The van der Waals surface area contributed by atoms with Crippen LogP contribution in [0.4, 0.5) is 8.78 Å². The molecule has 0 aromatic heterocycles. The van der Waals surface area contributed by atoms with Crippen molar-refractivity contribution < 1.29 is 13.5 Å². The highest BCUT2D eigenvalue weighted by Gasteiger charge is 2.07. The lowest BCUT2D eigenvalue weighted by Gasteiger charge is -2.15. The molecule has 2 rings (SSSR count). The first kappa shape index (κ1) is 15.4. The molecule has 1 unspecified atom stereocenters. The first-order valence-corrected chi connectivity index (χ1v) is 6.91. The van der Waals surface area contributed by atoms with E-state index < -0.39 is 11.6 Å². The van der Waals surface area contributed by atoms with Crippen molar-refractivity contribution in [3.63, 3.8) is 0 Å². The Balaban J connectivity index is 1.80. The van der Waals surface area contributed by atoms with Crippen LogP contribution in [0.25, 0.3) is 0 Å². The monoisotopic (exact) mass is 291 g/mol. The average molecular weight is 291 g/mol. The highest BCUT2D eigenvalue weighted by molar-refractivity contribution is 5.26. The smallest absolute Gasteiger partial charge is 0.127 e. The minimum atomic E-state index is -0.434. The summed E-state index contributed by atoms with van der Waals surface area (Å²) in [5, 5.41) is 3.12. The first-order valence-electron chi connectivity index (χ1n) is 6.91. The predicted octanol–water partition coefficient (Wildman–Crippen LogP) is 3.83. The molecule has 21 heavy (non-hydrogen) atoms. The number of aryl methyl sites for hydroxylation is 1. The Labute approximate surface area is 123 Å². The van der Waals surface area contributed by atoms with Crippen LogP contribution in [0, 0.1) is 18.6 Å². The second-order valence-electron chi connectivity index (χ2n) is 5.14. The van der Waals surface area contributed by atoms with Gasteiger partial charge in [-0.25, -0.2) is 8.78 Å². The molecule has 2 nitrogen and oxygen atoms in total. The Morgan fingerprint density at radius 2 is 1.81 bits per heavy atom. The summed E-state index contributed by atoms with van der Waals surface area (Å²) in [6.07, 6.45) is 0. The maximum Gasteiger partial charge on any atom is 0.127 e. The normalized spacial score (nSPS) is 12.2. The van der Waals surface area contributed by atoms with Gasteiger partial charge in [0.25, 0.3) is 0 Å². The summed E-state index contributed by atoms with van der Waals surface area (Å²) in [5.74, 6) is -0.0431. The van der Waals surface area contributed by atoms with Crippen molar-refractivity contribution in [2.45, 2.75) is 26.4 Å².